The van der Waals surface area contributed by atoms with Gasteiger partial charge in [-0.25, -0.2) is 18.7 Å². The van der Waals surface area contributed by atoms with E-state index in [9.17, 15) is 22.4 Å². The van der Waals surface area contributed by atoms with Gasteiger partial charge in [0.25, 0.3) is 0 Å². The molecule has 2 atom stereocenters. The molecule has 4 heterocycles. The number of nitrogens with zero attached hydrogens (tertiary/aromatic N) is 6. The van der Waals surface area contributed by atoms with Crippen LogP contribution < -0.4 is 5.73 Å². The van der Waals surface area contributed by atoms with Crippen molar-refractivity contribution in [3.05, 3.63) is 60.2 Å². The highest BCUT2D eigenvalue weighted by Crippen LogP contribution is 2.33. The molecule has 0 spiro atoms. The Bertz CT molecular complexity index is 1680. The summed E-state index contributed by atoms with van der Waals surface area (Å²) in [5, 5.41) is 4.76. The predicted octanol–water partition coefficient (Wildman–Crippen LogP) is 3.44. The first-order chi connectivity index (χ1) is 18.5. The maximum atomic E-state index is 15.0. The maximum Gasteiger partial charge on any atom is 0.522 e. The average molecular weight is 545 g/mol. The highest BCUT2D eigenvalue weighted by molar-refractivity contribution is 5.93. The molecule has 3 aromatic heterocycles. The number of halogens is 5. The van der Waals surface area contributed by atoms with Gasteiger partial charge in [-0.3, -0.25) is 14.2 Å². The van der Waals surface area contributed by atoms with Crippen LogP contribution in [0, 0.1) is 23.5 Å². The molecule has 1 saturated heterocycles. The number of nitrogen functional groups attached to an aromatic ring is 1. The van der Waals surface area contributed by atoms with E-state index in [0.29, 0.717) is 10.9 Å². The molecule has 0 unspecified atom stereocenters. The standard InChI is InChI=1S/C25H20F5N7O2/c1-3-20(38)36-10-13(8-14(36)11-39-25(28,29)30)37-18-6-7-32-24(31)21(18)17(34-37)5-4-15-16(26)9-19-23(22(15)27)33-12-35(19)2/h3,6-7,9,12-14H,1,8,10-11H2,2H3,(H2,31,32)/t13-,14+/m0/s1. The number of nitrogens with two attached hydrogens (primary N) is 1. The lowest BCUT2D eigenvalue weighted by molar-refractivity contribution is -0.327. The third kappa shape index (κ3) is 4.76. The van der Waals surface area contributed by atoms with Crippen molar-refractivity contribution in [3.63, 3.8) is 0 Å². The monoisotopic (exact) mass is 545 g/mol. The topological polar surface area (TPSA) is 104 Å². The number of carbonyl (C=O) groups is 1. The van der Waals surface area contributed by atoms with E-state index in [0.717, 1.165) is 12.1 Å². The highest BCUT2D eigenvalue weighted by atomic mass is 19.4. The number of likely N-dealkylation sites (tertiary alicyclic amines) is 1. The largest absolute Gasteiger partial charge is 0.522 e. The molecule has 0 bridgehead atoms. The number of alkyl halides is 3. The minimum atomic E-state index is -4.87. The van der Waals surface area contributed by atoms with Crippen LogP contribution in [0.1, 0.15) is 23.7 Å². The number of amides is 1. The summed E-state index contributed by atoms with van der Waals surface area (Å²) in [7, 11) is 1.60. The van der Waals surface area contributed by atoms with Crippen LogP contribution in [0.2, 0.25) is 0 Å². The third-order valence-electron chi connectivity index (χ3n) is 6.50. The van der Waals surface area contributed by atoms with Crippen molar-refractivity contribution in [1.29, 1.82) is 0 Å². The van der Waals surface area contributed by atoms with Gasteiger partial charge in [-0.15, -0.1) is 13.2 Å². The summed E-state index contributed by atoms with van der Waals surface area (Å²) in [6.07, 6.45) is -1.04. The first-order valence-corrected chi connectivity index (χ1v) is 11.6. The van der Waals surface area contributed by atoms with Crippen molar-refractivity contribution in [2.45, 2.75) is 24.9 Å². The van der Waals surface area contributed by atoms with E-state index < -0.39 is 48.2 Å². The molecule has 14 heteroatoms. The molecule has 5 rings (SSSR count). The number of imidazole rings is 1. The van der Waals surface area contributed by atoms with Gasteiger partial charge in [-0.05, 0) is 24.5 Å². The molecule has 1 fully saturated rings. The lowest BCUT2D eigenvalue weighted by atomic mass is 10.1. The number of hydrogen-bond acceptors (Lipinski definition) is 6. The second-order valence-corrected chi connectivity index (χ2v) is 8.90. The van der Waals surface area contributed by atoms with E-state index in [2.05, 4.69) is 38.2 Å². The van der Waals surface area contributed by atoms with Gasteiger partial charge in [0.2, 0.25) is 5.91 Å². The van der Waals surface area contributed by atoms with Gasteiger partial charge in [0.15, 0.2) is 5.82 Å². The zero-order valence-electron chi connectivity index (χ0n) is 20.3. The smallest absolute Gasteiger partial charge is 0.383 e. The van der Waals surface area contributed by atoms with Crippen molar-refractivity contribution in [2.24, 2.45) is 7.05 Å². The van der Waals surface area contributed by atoms with Crippen molar-refractivity contribution in [1.82, 2.24) is 29.2 Å². The maximum absolute atomic E-state index is 15.0. The van der Waals surface area contributed by atoms with E-state index in [-0.39, 0.29) is 35.5 Å². The molecule has 1 aliphatic heterocycles. The van der Waals surface area contributed by atoms with Crippen molar-refractivity contribution < 1.29 is 31.5 Å². The molecule has 0 saturated carbocycles. The number of fused-ring (bicyclic) bond motifs is 2. The Morgan fingerprint density at radius 1 is 1.28 bits per heavy atom. The fourth-order valence-corrected chi connectivity index (χ4v) is 4.71. The number of aryl methyl sites for hydroxylation is 1. The molecule has 0 radical (unpaired) electrons. The number of hydrogen-bond donors (Lipinski definition) is 1. The second-order valence-electron chi connectivity index (χ2n) is 8.90. The number of aromatic nitrogens is 5. The van der Waals surface area contributed by atoms with Crippen LogP contribution in [0.15, 0.2) is 37.3 Å². The van der Waals surface area contributed by atoms with Gasteiger partial charge in [0, 0.05) is 25.9 Å². The number of rotatable bonds is 4. The van der Waals surface area contributed by atoms with Crippen molar-refractivity contribution in [2.75, 3.05) is 18.9 Å². The summed E-state index contributed by atoms with van der Waals surface area (Å²) < 4.78 is 74.8. The van der Waals surface area contributed by atoms with E-state index >= 15 is 4.39 Å². The molecule has 1 aromatic carbocycles. The summed E-state index contributed by atoms with van der Waals surface area (Å²) in [5.41, 5.74) is 6.25. The number of benzene rings is 1. The third-order valence-corrected chi connectivity index (χ3v) is 6.50. The average Bonchev–Trinajstić information content (AvgIpc) is 3.58. The number of anilines is 1. The summed E-state index contributed by atoms with van der Waals surface area (Å²) in [6.45, 7) is 2.64. The molecule has 2 N–H and O–H groups in total. The Labute approximate surface area is 217 Å². The van der Waals surface area contributed by atoms with Gasteiger partial charge < -0.3 is 15.2 Å². The van der Waals surface area contributed by atoms with Crippen LogP contribution in [-0.2, 0) is 16.6 Å². The zero-order valence-corrected chi connectivity index (χ0v) is 20.3. The number of ether oxygens (including phenoxy) is 1. The quantitative estimate of drug-likeness (QED) is 0.240. The van der Waals surface area contributed by atoms with Gasteiger partial charge in [0.05, 0.1) is 47.0 Å². The molecule has 9 nitrogen and oxygen atoms in total. The fourth-order valence-electron chi connectivity index (χ4n) is 4.71. The zero-order chi connectivity index (χ0) is 28.1. The molecule has 202 valence electrons. The molecule has 0 aliphatic carbocycles. The second kappa shape index (κ2) is 9.66. The van der Waals surface area contributed by atoms with E-state index in [1.54, 1.807) is 13.1 Å². The van der Waals surface area contributed by atoms with Crippen LogP contribution in [-0.4, -0.2) is 60.7 Å². The molecule has 1 aliphatic rings. The Balaban J connectivity index is 1.55. The SMILES string of the molecule is C=CC(=O)N1C[C@@H](n2nc(C#Cc3c(F)cc4c(ncn4C)c3F)c3c(N)nccc32)C[C@@H]1COC(F)(F)F. The molecule has 1 amide bonds. The van der Waals surface area contributed by atoms with E-state index in [1.165, 1.54) is 26.7 Å². The summed E-state index contributed by atoms with van der Waals surface area (Å²) in [4.78, 5) is 21.6. The van der Waals surface area contributed by atoms with Gasteiger partial charge >= 0.3 is 6.36 Å². The minimum absolute atomic E-state index is 0.00220. The molecule has 4 aromatic rings. The Hall–Kier alpha value is -4.51. The predicted molar refractivity (Wildman–Crippen MR) is 130 cm³/mol. The molecule has 39 heavy (non-hydrogen) atoms. The van der Waals surface area contributed by atoms with Crippen LogP contribution in [0.25, 0.3) is 21.9 Å². The Morgan fingerprint density at radius 2 is 2.05 bits per heavy atom. The van der Waals surface area contributed by atoms with Crippen LogP contribution >= 0.6 is 0 Å². The normalized spacial score (nSPS) is 17.5. The summed E-state index contributed by atoms with van der Waals surface area (Å²) in [6, 6.07) is 1.19. The lowest BCUT2D eigenvalue weighted by Crippen LogP contribution is -2.38. The molecular weight excluding hydrogens is 525 g/mol. The van der Waals surface area contributed by atoms with Crippen LogP contribution in [0.5, 0.6) is 0 Å². The van der Waals surface area contributed by atoms with E-state index in [1.807, 2.05) is 0 Å². The Morgan fingerprint density at radius 3 is 2.77 bits per heavy atom. The highest BCUT2D eigenvalue weighted by Gasteiger charge is 2.40. The van der Waals surface area contributed by atoms with Crippen LogP contribution in [0.3, 0.4) is 0 Å². The lowest BCUT2D eigenvalue weighted by Gasteiger charge is -2.23. The summed E-state index contributed by atoms with van der Waals surface area (Å²) >= 11 is 0. The van der Waals surface area contributed by atoms with Gasteiger partial charge in [-0.1, -0.05) is 12.5 Å². The van der Waals surface area contributed by atoms with Crippen molar-refractivity contribution >= 4 is 33.7 Å². The van der Waals surface area contributed by atoms with Crippen molar-refractivity contribution in [3.8, 4) is 11.8 Å². The summed E-state index contributed by atoms with van der Waals surface area (Å²) in [5.74, 6) is 2.77. The number of carbonyl (C=O) groups excluding carboxylic acids is 1. The fraction of sp³-hybridized carbons (Fsp3) is 0.280. The van der Waals surface area contributed by atoms with Gasteiger partial charge in [-0.2, -0.15) is 5.10 Å². The minimum Gasteiger partial charge on any atom is -0.383 e. The van der Waals surface area contributed by atoms with Crippen LogP contribution in [0.4, 0.5) is 27.8 Å². The van der Waals surface area contributed by atoms with Gasteiger partial charge in [0.1, 0.15) is 22.8 Å². The number of pyridine rings is 1. The first-order valence-electron chi connectivity index (χ1n) is 11.6. The molecular formula is C25H20F5N7O2. The first kappa shape index (κ1) is 26.1. The Kier molecular flexibility index (Phi) is 6.47. The van der Waals surface area contributed by atoms with E-state index in [4.69, 9.17) is 5.73 Å².